The molecule has 5 rings (SSSR count). The first-order valence-electron chi connectivity index (χ1n) is 9.67. The van der Waals surface area contributed by atoms with Crippen LogP contribution in [0.4, 0.5) is 5.69 Å². The quantitative estimate of drug-likeness (QED) is 0.632. The number of rotatable bonds is 2. The molecule has 0 amide bonds. The van der Waals surface area contributed by atoms with Crippen molar-refractivity contribution < 1.29 is 0 Å². The van der Waals surface area contributed by atoms with Crippen LogP contribution in [0.5, 0.6) is 0 Å². The number of benzene rings is 2. The summed E-state index contributed by atoms with van der Waals surface area (Å²) in [6, 6.07) is 24.2. The smallest absolute Gasteiger partial charge is 0.0718 e. The van der Waals surface area contributed by atoms with E-state index in [1.165, 1.54) is 34.5 Å². The predicted octanol–water partition coefficient (Wildman–Crippen LogP) is 5.27. The van der Waals surface area contributed by atoms with Gasteiger partial charge in [-0.25, -0.2) is 0 Å². The minimum Gasteiger partial charge on any atom is -0.370 e. The summed E-state index contributed by atoms with van der Waals surface area (Å²) in [6.45, 7) is 4.41. The van der Waals surface area contributed by atoms with Gasteiger partial charge < -0.3 is 4.90 Å². The van der Waals surface area contributed by atoms with E-state index in [9.17, 15) is 0 Å². The molecule has 0 saturated heterocycles. The molecule has 2 aromatic carbocycles. The van der Waals surface area contributed by atoms with Gasteiger partial charge in [0.15, 0.2) is 0 Å². The molecule has 0 fully saturated rings. The van der Waals surface area contributed by atoms with Crippen molar-refractivity contribution in [3.05, 3.63) is 94.8 Å². The van der Waals surface area contributed by atoms with Crippen LogP contribution in [0.3, 0.4) is 0 Å². The number of hydrogen-bond acceptors (Lipinski definition) is 2. The average molecular weight is 340 g/mol. The molecule has 0 saturated carbocycles. The predicted molar refractivity (Wildman–Crippen MR) is 107 cm³/mol. The van der Waals surface area contributed by atoms with E-state index in [2.05, 4.69) is 78.6 Å². The standard InChI is InChI=1S/C24H24N2/c1-17-16-22-20(18-8-4-2-5-9-18)12-14-26-15-13-21(23(25-17)24(22)26)19-10-6-3-7-11-19/h2-11,16,20-21H,12-15H2,1H3/t20-,21-/m1/s1. The Morgan fingerprint density at radius 3 is 2.04 bits per heavy atom. The second-order valence-corrected chi connectivity index (χ2v) is 7.58. The van der Waals surface area contributed by atoms with Crippen LogP contribution in [0.2, 0.25) is 0 Å². The molecule has 0 unspecified atom stereocenters. The van der Waals surface area contributed by atoms with Crippen LogP contribution in [0.25, 0.3) is 0 Å². The highest BCUT2D eigenvalue weighted by atomic mass is 15.2. The van der Waals surface area contributed by atoms with Gasteiger partial charge in [0.25, 0.3) is 0 Å². The Balaban J connectivity index is 1.68. The summed E-state index contributed by atoms with van der Waals surface area (Å²) in [4.78, 5) is 7.63. The van der Waals surface area contributed by atoms with Gasteiger partial charge in [0, 0.05) is 30.6 Å². The Hall–Kier alpha value is -2.61. The van der Waals surface area contributed by atoms with Crippen molar-refractivity contribution in [2.45, 2.75) is 31.6 Å². The van der Waals surface area contributed by atoms with Gasteiger partial charge in [-0.3, -0.25) is 4.98 Å². The largest absolute Gasteiger partial charge is 0.370 e. The van der Waals surface area contributed by atoms with Crippen LogP contribution in [0.15, 0.2) is 66.7 Å². The van der Waals surface area contributed by atoms with E-state index in [0.29, 0.717) is 11.8 Å². The van der Waals surface area contributed by atoms with Gasteiger partial charge in [0.05, 0.1) is 11.4 Å². The number of aromatic nitrogens is 1. The molecule has 0 aliphatic carbocycles. The highest BCUT2D eigenvalue weighted by Crippen LogP contribution is 2.47. The molecule has 1 aromatic heterocycles. The maximum absolute atomic E-state index is 5.05. The highest BCUT2D eigenvalue weighted by Gasteiger charge is 2.35. The lowest BCUT2D eigenvalue weighted by Gasteiger charge is -2.42. The SMILES string of the molecule is Cc1cc2c3c(n1)[C@@H](c1ccccc1)CCN3CC[C@@H]2c1ccccc1. The normalized spacial score (nSPS) is 21.3. The molecule has 130 valence electrons. The van der Waals surface area contributed by atoms with Gasteiger partial charge in [0.1, 0.15) is 0 Å². The number of aryl methyl sites for hydroxylation is 1. The molecule has 26 heavy (non-hydrogen) atoms. The first-order valence-corrected chi connectivity index (χ1v) is 9.67. The lowest BCUT2D eigenvalue weighted by atomic mass is 9.79. The van der Waals surface area contributed by atoms with Gasteiger partial charge in [-0.2, -0.15) is 0 Å². The van der Waals surface area contributed by atoms with Crippen LogP contribution < -0.4 is 4.90 Å². The van der Waals surface area contributed by atoms with E-state index in [4.69, 9.17) is 4.98 Å². The zero-order valence-corrected chi connectivity index (χ0v) is 15.2. The van der Waals surface area contributed by atoms with Crippen LogP contribution in [0, 0.1) is 6.92 Å². The van der Waals surface area contributed by atoms with E-state index in [1.807, 2.05) is 0 Å². The summed E-state index contributed by atoms with van der Waals surface area (Å²) >= 11 is 0. The molecule has 0 spiro atoms. The molecule has 2 nitrogen and oxygen atoms in total. The van der Waals surface area contributed by atoms with Crippen LogP contribution in [0.1, 0.15) is 52.8 Å². The second kappa shape index (κ2) is 6.28. The van der Waals surface area contributed by atoms with Gasteiger partial charge >= 0.3 is 0 Å². The number of anilines is 1. The fourth-order valence-electron chi connectivity index (χ4n) is 4.81. The average Bonchev–Trinajstić information content (AvgIpc) is 2.69. The summed E-state index contributed by atoms with van der Waals surface area (Å²) in [5, 5.41) is 0. The molecule has 2 atom stereocenters. The summed E-state index contributed by atoms with van der Waals surface area (Å²) in [7, 11) is 0. The molecule has 3 heterocycles. The van der Waals surface area contributed by atoms with Crippen LogP contribution >= 0.6 is 0 Å². The molecule has 2 aliphatic rings. The van der Waals surface area contributed by atoms with Crippen molar-refractivity contribution in [2.24, 2.45) is 0 Å². The Labute approximate surface area is 155 Å². The third kappa shape index (κ3) is 2.52. The van der Waals surface area contributed by atoms with Crippen molar-refractivity contribution in [3.8, 4) is 0 Å². The highest BCUT2D eigenvalue weighted by molar-refractivity contribution is 5.66. The fraction of sp³-hybridized carbons (Fsp3) is 0.292. The van der Waals surface area contributed by atoms with Gasteiger partial charge in [-0.15, -0.1) is 0 Å². The van der Waals surface area contributed by atoms with E-state index in [0.717, 1.165) is 25.2 Å². The van der Waals surface area contributed by atoms with E-state index in [-0.39, 0.29) is 0 Å². The molecule has 0 radical (unpaired) electrons. The van der Waals surface area contributed by atoms with Crippen molar-refractivity contribution in [2.75, 3.05) is 18.0 Å². The minimum atomic E-state index is 0.413. The van der Waals surface area contributed by atoms with Crippen molar-refractivity contribution in [3.63, 3.8) is 0 Å². The van der Waals surface area contributed by atoms with Gasteiger partial charge in [0.2, 0.25) is 0 Å². The molecule has 2 heteroatoms. The monoisotopic (exact) mass is 340 g/mol. The Morgan fingerprint density at radius 1 is 0.808 bits per heavy atom. The molecule has 2 aliphatic heterocycles. The maximum atomic E-state index is 5.05. The van der Waals surface area contributed by atoms with Crippen LogP contribution in [-0.2, 0) is 0 Å². The summed E-state index contributed by atoms with van der Waals surface area (Å²) in [6.07, 6.45) is 2.35. The number of nitrogens with zero attached hydrogens (tertiary/aromatic N) is 2. The number of pyridine rings is 1. The van der Waals surface area contributed by atoms with Crippen molar-refractivity contribution in [1.29, 1.82) is 0 Å². The Morgan fingerprint density at radius 2 is 1.38 bits per heavy atom. The third-order valence-corrected chi connectivity index (χ3v) is 5.98. The first kappa shape index (κ1) is 15.6. The zero-order valence-electron chi connectivity index (χ0n) is 15.2. The second-order valence-electron chi connectivity index (χ2n) is 7.58. The van der Waals surface area contributed by atoms with Gasteiger partial charge in [-0.1, -0.05) is 60.7 Å². The summed E-state index contributed by atoms with van der Waals surface area (Å²) < 4.78 is 0. The van der Waals surface area contributed by atoms with E-state index >= 15 is 0 Å². The molecule has 0 N–H and O–H groups in total. The third-order valence-electron chi connectivity index (χ3n) is 5.98. The Kier molecular flexibility index (Phi) is 3.77. The van der Waals surface area contributed by atoms with Gasteiger partial charge in [-0.05, 0) is 42.5 Å². The van der Waals surface area contributed by atoms with Crippen molar-refractivity contribution in [1.82, 2.24) is 4.98 Å². The van der Waals surface area contributed by atoms with E-state index in [1.54, 1.807) is 0 Å². The van der Waals surface area contributed by atoms with Crippen molar-refractivity contribution >= 4 is 5.69 Å². The maximum Gasteiger partial charge on any atom is 0.0718 e. The lowest BCUT2D eigenvalue weighted by molar-refractivity contribution is 0.559. The lowest BCUT2D eigenvalue weighted by Crippen LogP contribution is -2.38. The number of hydrogen-bond donors (Lipinski definition) is 0. The summed E-state index contributed by atoms with van der Waals surface area (Å²) in [5.74, 6) is 0.896. The van der Waals surface area contributed by atoms with Crippen LogP contribution in [-0.4, -0.2) is 18.1 Å². The molecular formula is C24H24N2. The molecule has 0 bridgehead atoms. The molecular weight excluding hydrogens is 316 g/mol. The zero-order chi connectivity index (χ0) is 17.5. The van der Waals surface area contributed by atoms with E-state index < -0.39 is 0 Å². The topological polar surface area (TPSA) is 16.1 Å². The fourth-order valence-corrected chi connectivity index (χ4v) is 4.81. The first-order chi connectivity index (χ1) is 12.8. The summed E-state index contributed by atoms with van der Waals surface area (Å²) in [5.41, 5.74) is 8.15. The molecule has 3 aromatic rings. The minimum absolute atomic E-state index is 0.413. The Bertz CT molecular complexity index is 845.